The predicted molar refractivity (Wildman–Crippen MR) is 101 cm³/mol. The first-order valence-corrected chi connectivity index (χ1v) is 9.04. The standard InChI is InChI=1S/C20H22N4O3/c1-12(2)24-19-16(10-22-24)15(8-13(3)23-19)20(25)21-9-14-11-26-17-6-4-5-7-18(17)27-14/h4-8,10,12,14H,9,11H2,1-3H3,(H,21,25). The van der Waals surface area contributed by atoms with Crippen molar-refractivity contribution in [1.29, 1.82) is 0 Å². The average Bonchev–Trinajstić information content (AvgIpc) is 3.09. The number of benzene rings is 1. The molecule has 1 aliphatic heterocycles. The Bertz CT molecular complexity index is 996. The second-order valence-corrected chi connectivity index (χ2v) is 6.94. The minimum Gasteiger partial charge on any atom is -0.486 e. The lowest BCUT2D eigenvalue weighted by Gasteiger charge is -2.26. The molecule has 0 bridgehead atoms. The van der Waals surface area contributed by atoms with Gasteiger partial charge in [-0.05, 0) is 39.0 Å². The fraction of sp³-hybridized carbons (Fsp3) is 0.350. The van der Waals surface area contributed by atoms with Crippen LogP contribution in [0.5, 0.6) is 11.5 Å². The van der Waals surface area contributed by atoms with Crippen LogP contribution in [-0.2, 0) is 0 Å². The molecule has 4 rings (SSSR count). The molecule has 1 amide bonds. The summed E-state index contributed by atoms with van der Waals surface area (Å²) >= 11 is 0. The molecule has 7 heteroatoms. The number of nitrogens with zero attached hydrogens (tertiary/aromatic N) is 3. The van der Waals surface area contributed by atoms with E-state index in [0.29, 0.717) is 24.5 Å². The largest absolute Gasteiger partial charge is 0.486 e. The van der Waals surface area contributed by atoms with Crippen LogP contribution in [0.25, 0.3) is 11.0 Å². The van der Waals surface area contributed by atoms with E-state index in [4.69, 9.17) is 9.47 Å². The van der Waals surface area contributed by atoms with Crippen LogP contribution in [0.15, 0.2) is 36.5 Å². The van der Waals surface area contributed by atoms with Crippen molar-refractivity contribution in [3.63, 3.8) is 0 Å². The Balaban J connectivity index is 1.51. The molecule has 2 aromatic heterocycles. The third-order valence-electron chi connectivity index (χ3n) is 4.49. The van der Waals surface area contributed by atoms with Crippen molar-refractivity contribution >= 4 is 16.9 Å². The van der Waals surface area contributed by atoms with Crippen LogP contribution >= 0.6 is 0 Å². The molecule has 0 fully saturated rings. The van der Waals surface area contributed by atoms with Gasteiger partial charge in [-0.25, -0.2) is 9.67 Å². The number of hydrogen-bond donors (Lipinski definition) is 1. The van der Waals surface area contributed by atoms with Gasteiger partial charge in [0.2, 0.25) is 0 Å². The molecule has 1 aliphatic rings. The van der Waals surface area contributed by atoms with E-state index in [1.54, 1.807) is 12.3 Å². The molecule has 27 heavy (non-hydrogen) atoms. The number of rotatable bonds is 4. The lowest BCUT2D eigenvalue weighted by molar-refractivity contribution is 0.0790. The predicted octanol–water partition coefficient (Wildman–Crippen LogP) is 2.89. The lowest BCUT2D eigenvalue weighted by atomic mass is 10.1. The lowest BCUT2D eigenvalue weighted by Crippen LogP contribution is -2.40. The Morgan fingerprint density at radius 1 is 1.33 bits per heavy atom. The molecule has 0 radical (unpaired) electrons. The third kappa shape index (κ3) is 3.32. The summed E-state index contributed by atoms with van der Waals surface area (Å²) in [5.74, 6) is 1.26. The van der Waals surface area contributed by atoms with Crippen molar-refractivity contribution in [1.82, 2.24) is 20.1 Å². The van der Waals surface area contributed by atoms with Gasteiger partial charge in [0.15, 0.2) is 17.1 Å². The fourth-order valence-electron chi connectivity index (χ4n) is 3.17. The molecule has 0 saturated heterocycles. The maximum atomic E-state index is 12.8. The summed E-state index contributed by atoms with van der Waals surface area (Å²) in [6, 6.07) is 9.48. The van der Waals surface area contributed by atoms with Crippen LogP contribution in [0.1, 0.15) is 35.9 Å². The van der Waals surface area contributed by atoms with Gasteiger partial charge in [-0.15, -0.1) is 0 Å². The van der Waals surface area contributed by atoms with Gasteiger partial charge >= 0.3 is 0 Å². The van der Waals surface area contributed by atoms with Gasteiger partial charge in [0.25, 0.3) is 5.91 Å². The monoisotopic (exact) mass is 366 g/mol. The molecule has 7 nitrogen and oxygen atoms in total. The van der Waals surface area contributed by atoms with Gasteiger partial charge in [-0.2, -0.15) is 5.10 Å². The molecular weight excluding hydrogens is 344 g/mol. The molecular formula is C20H22N4O3. The minimum absolute atomic E-state index is 0.167. The Kier molecular flexibility index (Phi) is 4.43. The van der Waals surface area contributed by atoms with E-state index >= 15 is 0 Å². The molecule has 0 aliphatic carbocycles. The number of carbonyl (C=O) groups excluding carboxylic acids is 1. The maximum Gasteiger partial charge on any atom is 0.252 e. The molecule has 1 atom stereocenters. The van der Waals surface area contributed by atoms with E-state index in [0.717, 1.165) is 22.5 Å². The third-order valence-corrected chi connectivity index (χ3v) is 4.49. The first-order chi connectivity index (χ1) is 13.0. The number of hydrogen-bond acceptors (Lipinski definition) is 5. The van der Waals surface area contributed by atoms with Gasteiger partial charge in [0.05, 0.1) is 23.7 Å². The first kappa shape index (κ1) is 17.3. The summed E-state index contributed by atoms with van der Waals surface area (Å²) < 4.78 is 13.4. The van der Waals surface area contributed by atoms with E-state index in [1.165, 1.54) is 0 Å². The van der Waals surface area contributed by atoms with Crippen molar-refractivity contribution < 1.29 is 14.3 Å². The number of ether oxygens (including phenoxy) is 2. The van der Waals surface area contributed by atoms with Crippen LogP contribution in [0.4, 0.5) is 0 Å². The number of para-hydroxylation sites is 2. The second kappa shape index (κ2) is 6.90. The fourth-order valence-corrected chi connectivity index (χ4v) is 3.17. The zero-order chi connectivity index (χ0) is 19.0. The molecule has 0 spiro atoms. The van der Waals surface area contributed by atoms with Crippen LogP contribution in [-0.4, -0.2) is 39.9 Å². The highest BCUT2D eigenvalue weighted by atomic mass is 16.6. The smallest absolute Gasteiger partial charge is 0.252 e. The Labute approximate surface area is 157 Å². The highest BCUT2D eigenvalue weighted by molar-refractivity contribution is 6.05. The zero-order valence-electron chi connectivity index (χ0n) is 15.6. The number of aryl methyl sites for hydroxylation is 1. The SMILES string of the molecule is Cc1cc(C(=O)NCC2COc3ccccc3O2)c2cnn(C(C)C)c2n1. The van der Waals surface area contributed by atoms with Gasteiger partial charge in [-0.1, -0.05) is 12.1 Å². The molecule has 1 N–H and O–H groups in total. The number of amides is 1. The number of aromatic nitrogens is 3. The van der Waals surface area contributed by atoms with Crippen molar-refractivity contribution in [2.75, 3.05) is 13.2 Å². The van der Waals surface area contributed by atoms with Gasteiger partial charge < -0.3 is 14.8 Å². The van der Waals surface area contributed by atoms with E-state index in [2.05, 4.69) is 15.4 Å². The summed E-state index contributed by atoms with van der Waals surface area (Å²) in [6.45, 7) is 6.70. The highest BCUT2D eigenvalue weighted by Gasteiger charge is 2.22. The number of carbonyl (C=O) groups is 1. The number of nitrogens with one attached hydrogen (secondary N) is 1. The first-order valence-electron chi connectivity index (χ1n) is 9.04. The number of fused-ring (bicyclic) bond motifs is 2. The van der Waals surface area contributed by atoms with Gasteiger partial charge in [-0.3, -0.25) is 4.79 Å². The minimum atomic E-state index is -0.235. The van der Waals surface area contributed by atoms with E-state index < -0.39 is 0 Å². The summed E-state index contributed by atoms with van der Waals surface area (Å²) in [5.41, 5.74) is 2.07. The van der Waals surface area contributed by atoms with Crippen LogP contribution < -0.4 is 14.8 Å². The maximum absolute atomic E-state index is 12.8. The van der Waals surface area contributed by atoms with Crippen LogP contribution in [0, 0.1) is 6.92 Å². The Morgan fingerprint density at radius 3 is 2.89 bits per heavy atom. The molecule has 1 unspecified atom stereocenters. The topological polar surface area (TPSA) is 78.3 Å². The quantitative estimate of drug-likeness (QED) is 0.768. The van der Waals surface area contributed by atoms with E-state index in [1.807, 2.05) is 49.7 Å². The zero-order valence-corrected chi connectivity index (χ0v) is 15.6. The van der Waals surface area contributed by atoms with Crippen molar-refractivity contribution in [2.24, 2.45) is 0 Å². The second-order valence-electron chi connectivity index (χ2n) is 6.94. The Hall–Kier alpha value is -3.09. The summed E-state index contributed by atoms with van der Waals surface area (Å²) in [5, 5.41) is 8.08. The van der Waals surface area contributed by atoms with Crippen LogP contribution in [0.3, 0.4) is 0 Å². The number of pyridine rings is 1. The molecule has 0 saturated carbocycles. The van der Waals surface area contributed by atoms with Crippen molar-refractivity contribution in [2.45, 2.75) is 32.9 Å². The molecule has 140 valence electrons. The Morgan fingerprint density at radius 2 is 2.11 bits per heavy atom. The summed E-state index contributed by atoms with van der Waals surface area (Å²) in [6.07, 6.45) is 1.47. The van der Waals surface area contributed by atoms with Crippen LogP contribution in [0.2, 0.25) is 0 Å². The van der Waals surface area contributed by atoms with Gasteiger partial charge in [0, 0.05) is 11.7 Å². The molecule has 1 aromatic carbocycles. The summed E-state index contributed by atoms with van der Waals surface area (Å²) in [7, 11) is 0. The van der Waals surface area contributed by atoms with E-state index in [9.17, 15) is 4.79 Å². The summed E-state index contributed by atoms with van der Waals surface area (Å²) in [4.78, 5) is 17.4. The normalized spacial score (nSPS) is 15.9. The average molecular weight is 366 g/mol. The molecule has 3 heterocycles. The van der Waals surface area contributed by atoms with E-state index in [-0.39, 0.29) is 18.1 Å². The van der Waals surface area contributed by atoms with Crippen molar-refractivity contribution in [3.8, 4) is 11.5 Å². The molecule has 3 aromatic rings. The van der Waals surface area contributed by atoms with Crippen molar-refractivity contribution in [3.05, 3.63) is 47.8 Å². The highest BCUT2D eigenvalue weighted by Crippen LogP contribution is 2.30. The van der Waals surface area contributed by atoms with Gasteiger partial charge in [0.1, 0.15) is 12.7 Å².